The van der Waals surface area contributed by atoms with Crippen molar-refractivity contribution in [3.05, 3.63) is 11.0 Å². The normalized spacial score (nSPS) is 13.7. The van der Waals surface area contributed by atoms with E-state index in [1.807, 2.05) is 0 Å². The molecule has 20 heavy (non-hydrogen) atoms. The van der Waals surface area contributed by atoms with Gasteiger partial charge in [0.1, 0.15) is 5.75 Å². The Morgan fingerprint density at radius 3 is 1.85 bits per heavy atom. The third kappa shape index (κ3) is 11.4. The van der Waals surface area contributed by atoms with Crippen molar-refractivity contribution in [2.75, 3.05) is 5.75 Å². The fourth-order valence-electron chi connectivity index (χ4n) is 1.78. The number of hydrogen-bond donors (Lipinski definition) is 2. The minimum absolute atomic E-state index is 0.360. The molecule has 0 saturated heterocycles. The molecular weight excluding hydrogens is 304 g/mol. The SMILES string of the molecule is CCCCCCCCCC=C(CS(=O)(=O)O)S(=O)(=O)O. The highest BCUT2D eigenvalue weighted by Crippen LogP contribution is 2.13. The second-order valence-corrected chi connectivity index (χ2v) is 7.71. The van der Waals surface area contributed by atoms with Crippen molar-refractivity contribution in [2.45, 2.75) is 58.3 Å². The van der Waals surface area contributed by atoms with E-state index in [1.165, 1.54) is 19.3 Å². The molecule has 0 aliphatic heterocycles. The van der Waals surface area contributed by atoms with E-state index in [0.29, 0.717) is 6.42 Å². The molecular formula is C12H24O6S2. The minimum atomic E-state index is -4.58. The Morgan fingerprint density at radius 1 is 0.900 bits per heavy atom. The molecule has 0 spiro atoms. The summed E-state index contributed by atoms with van der Waals surface area (Å²) in [5.74, 6) is -1.08. The molecule has 0 amide bonds. The smallest absolute Gasteiger partial charge is 0.285 e. The van der Waals surface area contributed by atoms with Crippen molar-refractivity contribution in [3.8, 4) is 0 Å². The topological polar surface area (TPSA) is 109 Å². The monoisotopic (exact) mass is 328 g/mol. The van der Waals surface area contributed by atoms with Crippen molar-refractivity contribution >= 4 is 20.2 Å². The van der Waals surface area contributed by atoms with Gasteiger partial charge in [0.25, 0.3) is 20.2 Å². The molecule has 0 heterocycles. The maximum Gasteiger partial charge on any atom is 0.291 e. The van der Waals surface area contributed by atoms with E-state index >= 15 is 0 Å². The lowest BCUT2D eigenvalue weighted by Gasteiger charge is -2.03. The summed E-state index contributed by atoms with van der Waals surface area (Å²) in [4.78, 5) is -0.661. The Morgan fingerprint density at radius 2 is 1.40 bits per heavy atom. The fourth-order valence-corrected chi connectivity index (χ4v) is 3.63. The highest BCUT2D eigenvalue weighted by Gasteiger charge is 2.19. The quantitative estimate of drug-likeness (QED) is 0.446. The summed E-state index contributed by atoms with van der Waals surface area (Å²) in [5, 5.41) is 0. The van der Waals surface area contributed by atoms with Crippen LogP contribution in [-0.2, 0) is 20.2 Å². The van der Waals surface area contributed by atoms with Crippen LogP contribution in [-0.4, -0.2) is 31.7 Å². The second kappa shape index (κ2) is 9.49. The molecule has 120 valence electrons. The molecule has 0 atom stereocenters. The van der Waals surface area contributed by atoms with Gasteiger partial charge in [-0.05, 0) is 12.8 Å². The van der Waals surface area contributed by atoms with Crippen molar-refractivity contribution < 1.29 is 25.9 Å². The Bertz CT molecular complexity index is 490. The van der Waals surface area contributed by atoms with Gasteiger partial charge in [0, 0.05) is 0 Å². The first-order valence-corrected chi connectivity index (χ1v) is 9.83. The minimum Gasteiger partial charge on any atom is -0.285 e. The highest BCUT2D eigenvalue weighted by molar-refractivity contribution is 7.92. The Balaban J connectivity index is 4.17. The maximum atomic E-state index is 11.0. The van der Waals surface area contributed by atoms with Crippen LogP contribution in [0.5, 0.6) is 0 Å². The van der Waals surface area contributed by atoms with Gasteiger partial charge in [-0.2, -0.15) is 16.8 Å². The molecule has 0 fully saturated rings. The average Bonchev–Trinajstić information content (AvgIpc) is 2.28. The van der Waals surface area contributed by atoms with Crippen molar-refractivity contribution in [2.24, 2.45) is 0 Å². The van der Waals surface area contributed by atoms with Gasteiger partial charge in [0.05, 0.1) is 4.91 Å². The fraction of sp³-hybridized carbons (Fsp3) is 0.833. The van der Waals surface area contributed by atoms with Crippen molar-refractivity contribution in [3.63, 3.8) is 0 Å². The molecule has 0 aromatic carbocycles. The van der Waals surface area contributed by atoms with Gasteiger partial charge in [-0.1, -0.05) is 51.5 Å². The van der Waals surface area contributed by atoms with Crippen LogP contribution in [0.4, 0.5) is 0 Å². The van der Waals surface area contributed by atoms with Gasteiger partial charge in [-0.3, -0.25) is 9.11 Å². The third-order valence-electron chi connectivity index (χ3n) is 2.84. The van der Waals surface area contributed by atoms with Crippen LogP contribution >= 0.6 is 0 Å². The number of rotatable bonds is 11. The molecule has 6 nitrogen and oxygen atoms in total. The summed E-state index contributed by atoms with van der Waals surface area (Å²) in [6.07, 6.45) is 8.92. The van der Waals surface area contributed by atoms with Crippen LogP contribution in [0.3, 0.4) is 0 Å². The Labute approximate surface area is 121 Å². The number of unbranched alkanes of at least 4 members (excludes halogenated alkanes) is 7. The van der Waals surface area contributed by atoms with Crippen LogP contribution in [0.2, 0.25) is 0 Å². The molecule has 2 N–H and O–H groups in total. The lowest BCUT2D eigenvalue weighted by atomic mass is 10.1. The first-order chi connectivity index (χ1) is 9.17. The van der Waals surface area contributed by atoms with Gasteiger partial charge in [-0.15, -0.1) is 0 Å². The summed E-state index contributed by atoms with van der Waals surface area (Å²) in [5.41, 5.74) is 0. The predicted octanol–water partition coefficient (Wildman–Crippen LogP) is 2.79. The van der Waals surface area contributed by atoms with Crippen molar-refractivity contribution in [1.29, 1.82) is 0 Å². The maximum absolute atomic E-state index is 11.0. The van der Waals surface area contributed by atoms with Gasteiger partial charge in [-0.25, -0.2) is 0 Å². The zero-order valence-electron chi connectivity index (χ0n) is 11.8. The van der Waals surface area contributed by atoms with E-state index in [9.17, 15) is 16.8 Å². The van der Waals surface area contributed by atoms with E-state index < -0.39 is 30.9 Å². The summed E-state index contributed by atoms with van der Waals surface area (Å²) in [6.45, 7) is 2.14. The van der Waals surface area contributed by atoms with Crippen LogP contribution in [0, 0.1) is 0 Å². The largest absolute Gasteiger partial charge is 0.291 e. The lowest BCUT2D eigenvalue weighted by molar-refractivity contribution is 0.477. The first-order valence-electron chi connectivity index (χ1n) is 6.78. The third-order valence-corrected chi connectivity index (χ3v) is 4.67. The molecule has 0 radical (unpaired) electrons. The van der Waals surface area contributed by atoms with Gasteiger partial charge in [0.15, 0.2) is 0 Å². The van der Waals surface area contributed by atoms with E-state index in [4.69, 9.17) is 9.11 Å². The molecule has 0 aliphatic rings. The lowest BCUT2D eigenvalue weighted by Crippen LogP contribution is -2.13. The number of hydrogen-bond acceptors (Lipinski definition) is 4. The Kier molecular flexibility index (Phi) is 9.28. The molecule has 0 aromatic heterocycles. The zero-order valence-corrected chi connectivity index (χ0v) is 13.4. The van der Waals surface area contributed by atoms with E-state index in [-0.39, 0.29) is 0 Å². The van der Waals surface area contributed by atoms with Gasteiger partial charge >= 0.3 is 0 Å². The Hall–Kier alpha value is -0.440. The van der Waals surface area contributed by atoms with Crippen LogP contribution < -0.4 is 0 Å². The predicted molar refractivity (Wildman–Crippen MR) is 78.7 cm³/mol. The van der Waals surface area contributed by atoms with Crippen molar-refractivity contribution in [1.82, 2.24) is 0 Å². The van der Waals surface area contributed by atoms with Crippen LogP contribution in [0.1, 0.15) is 58.3 Å². The standard InChI is InChI=1S/C12H24O6S2/c1-2-3-4-5-6-7-8-9-10-12(20(16,17)18)11-19(13,14)15/h10H,2-9,11H2,1H3,(H,13,14,15)(H,16,17,18). The van der Waals surface area contributed by atoms with Gasteiger partial charge in [0.2, 0.25) is 0 Å². The molecule has 0 saturated carbocycles. The van der Waals surface area contributed by atoms with Crippen LogP contribution in [0.15, 0.2) is 11.0 Å². The highest BCUT2D eigenvalue weighted by atomic mass is 32.2. The van der Waals surface area contributed by atoms with Crippen LogP contribution in [0.25, 0.3) is 0 Å². The first kappa shape index (κ1) is 19.6. The van der Waals surface area contributed by atoms with Gasteiger partial charge < -0.3 is 0 Å². The molecule has 0 rings (SSSR count). The molecule has 0 unspecified atom stereocenters. The second-order valence-electron chi connectivity index (χ2n) is 4.78. The summed E-state index contributed by atoms with van der Waals surface area (Å²) >= 11 is 0. The molecule has 0 bridgehead atoms. The van der Waals surface area contributed by atoms with E-state index in [0.717, 1.165) is 31.8 Å². The average molecular weight is 328 g/mol. The zero-order chi connectivity index (χ0) is 15.6. The summed E-state index contributed by atoms with van der Waals surface area (Å²) < 4.78 is 60.7. The van der Waals surface area contributed by atoms with E-state index in [1.54, 1.807) is 0 Å². The summed E-state index contributed by atoms with van der Waals surface area (Å²) in [7, 11) is -9.05. The molecule has 0 aromatic rings. The molecule has 0 aliphatic carbocycles. The van der Waals surface area contributed by atoms with E-state index in [2.05, 4.69) is 6.92 Å². The molecule has 8 heteroatoms. The summed E-state index contributed by atoms with van der Waals surface area (Å²) in [6, 6.07) is 0. The number of allylic oxidation sites excluding steroid dienone is 1.